The Kier molecular flexibility index (Phi) is 4.05. The summed E-state index contributed by atoms with van der Waals surface area (Å²) in [6, 6.07) is 0. The molecule has 0 aromatic rings. The van der Waals surface area contributed by atoms with Gasteiger partial charge in [0.2, 0.25) is 0 Å². The van der Waals surface area contributed by atoms with E-state index in [9.17, 15) is 5.11 Å². The van der Waals surface area contributed by atoms with Crippen molar-refractivity contribution in [2.75, 3.05) is 13.1 Å². The van der Waals surface area contributed by atoms with Crippen LogP contribution >= 0.6 is 0 Å². The third-order valence-corrected chi connectivity index (χ3v) is 8.23. The molecule has 0 aromatic heterocycles. The molecule has 3 aliphatic carbocycles. The lowest BCUT2D eigenvalue weighted by Crippen LogP contribution is -2.46. The number of piperidine rings is 1. The summed E-state index contributed by atoms with van der Waals surface area (Å²) in [6.45, 7) is 8.96. The number of hydrogen-bond acceptors (Lipinski definition) is 2. The zero-order chi connectivity index (χ0) is 18.8. The van der Waals surface area contributed by atoms with Gasteiger partial charge in [0, 0.05) is 36.5 Å². The highest BCUT2D eigenvalue weighted by molar-refractivity contribution is 5.56. The van der Waals surface area contributed by atoms with Gasteiger partial charge in [0.25, 0.3) is 0 Å². The molecule has 27 heavy (non-hydrogen) atoms. The molecule has 1 fully saturated rings. The average Bonchev–Trinajstić information content (AvgIpc) is 2.79. The topological polar surface area (TPSA) is 23.5 Å². The molecule has 0 bridgehead atoms. The molecule has 2 heterocycles. The fraction of sp³-hybridized carbons (Fsp3) is 0.600. The van der Waals surface area contributed by atoms with Gasteiger partial charge in [0.1, 0.15) is 0 Å². The summed E-state index contributed by atoms with van der Waals surface area (Å²) in [5.74, 6) is 1.62. The predicted octanol–water partition coefficient (Wildman–Crippen LogP) is 5.15. The highest BCUT2D eigenvalue weighted by Crippen LogP contribution is 2.56. The van der Waals surface area contributed by atoms with Crippen molar-refractivity contribution in [2.45, 2.75) is 58.5 Å². The minimum Gasteiger partial charge on any atom is -0.389 e. The van der Waals surface area contributed by atoms with Crippen molar-refractivity contribution in [3.63, 3.8) is 0 Å². The zero-order valence-corrected chi connectivity index (χ0v) is 17.0. The second kappa shape index (κ2) is 6.24. The van der Waals surface area contributed by atoms with Gasteiger partial charge in [0.15, 0.2) is 0 Å². The first-order valence-electron chi connectivity index (χ1n) is 11.0. The van der Waals surface area contributed by atoms with E-state index in [0.29, 0.717) is 11.8 Å². The fourth-order valence-corrected chi connectivity index (χ4v) is 6.80. The van der Waals surface area contributed by atoms with E-state index in [-0.39, 0.29) is 11.8 Å². The Hall–Kier alpha value is -1.54. The molecule has 5 aliphatic rings. The van der Waals surface area contributed by atoms with Crippen molar-refractivity contribution in [1.29, 1.82) is 0 Å². The molecule has 1 N–H and O–H groups in total. The molecule has 144 valence electrons. The van der Waals surface area contributed by atoms with Gasteiger partial charge in [-0.15, -0.1) is 0 Å². The van der Waals surface area contributed by atoms with Crippen molar-refractivity contribution in [1.82, 2.24) is 4.90 Å². The summed E-state index contributed by atoms with van der Waals surface area (Å²) >= 11 is 0. The van der Waals surface area contributed by atoms with Gasteiger partial charge < -0.3 is 10.0 Å². The molecule has 1 saturated heterocycles. The first-order chi connectivity index (χ1) is 13.1. The maximum Gasteiger partial charge on any atom is 0.0776 e. The highest BCUT2D eigenvalue weighted by Gasteiger charge is 2.51. The van der Waals surface area contributed by atoms with E-state index in [1.807, 2.05) is 0 Å². The smallest absolute Gasteiger partial charge is 0.0776 e. The van der Waals surface area contributed by atoms with Crippen LogP contribution < -0.4 is 0 Å². The molecule has 2 heteroatoms. The molecular weight excluding hydrogens is 330 g/mol. The van der Waals surface area contributed by atoms with Crippen molar-refractivity contribution >= 4 is 0 Å². The quantitative estimate of drug-likeness (QED) is 0.696. The van der Waals surface area contributed by atoms with Gasteiger partial charge in [0.05, 0.1) is 5.60 Å². The molecule has 5 unspecified atom stereocenters. The third kappa shape index (κ3) is 2.35. The van der Waals surface area contributed by atoms with E-state index in [4.69, 9.17) is 0 Å². The van der Waals surface area contributed by atoms with Crippen LogP contribution in [0.15, 0.2) is 58.4 Å². The minimum absolute atomic E-state index is 0.241. The van der Waals surface area contributed by atoms with Crippen molar-refractivity contribution in [2.24, 2.45) is 23.7 Å². The van der Waals surface area contributed by atoms with E-state index in [1.165, 1.54) is 24.1 Å². The van der Waals surface area contributed by atoms with Crippen LogP contribution in [0.1, 0.15) is 52.9 Å². The normalized spacial score (nSPS) is 40.3. The number of rotatable bonds is 1. The monoisotopic (exact) mass is 363 g/mol. The summed E-state index contributed by atoms with van der Waals surface area (Å²) in [6.07, 6.45) is 17.1. The van der Waals surface area contributed by atoms with Crippen molar-refractivity contribution in [3.05, 3.63) is 58.4 Å². The molecule has 2 aliphatic heterocycles. The van der Waals surface area contributed by atoms with E-state index in [1.54, 1.807) is 16.7 Å². The molecule has 5 atom stereocenters. The van der Waals surface area contributed by atoms with Gasteiger partial charge in [-0.05, 0) is 60.8 Å². The third-order valence-electron chi connectivity index (χ3n) is 8.23. The number of fused-ring (bicyclic) bond motifs is 3. The zero-order valence-electron chi connectivity index (χ0n) is 17.0. The van der Waals surface area contributed by atoms with Crippen LogP contribution in [-0.2, 0) is 0 Å². The van der Waals surface area contributed by atoms with Crippen LogP contribution in [0.3, 0.4) is 0 Å². The Balaban J connectivity index is 1.80. The lowest BCUT2D eigenvalue weighted by Gasteiger charge is -2.47. The minimum atomic E-state index is -0.615. The summed E-state index contributed by atoms with van der Waals surface area (Å²) in [5.41, 5.74) is 7.12. The maximum atomic E-state index is 12.0. The predicted molar refractivity (Wildman–Crippen MR) is 111 cm³/mol. The van der Waals surface area contributed by atoms with Gasteiger partial charge in [-0.2, -0.15) is 0 Å². The molecule has 0 aromatic carbocycles. The summed E-state index contributed by atoms with van der Waals surface area (Å²) in [4.78, 5) is 2.59. The Morgan fingerprint density at radius 2 is 2.04 bits per heavy atom. The number of aliphatic hydroxyl groups is 1. The van der Waals surface area contributed by atoms with E-state index in [0.717, 1.165) is 32.4 Å². The van der Waals surface area contributed by atoms with Crippen LogP contribution in [0.4, 0.5) is 0 Å². The van der Waals surface area contributed by atoms with Crippen LogP contribution in [-0.4, -0.2) is 28.7 Å². The molecule has 0 amide bonds. The Morgan fingerprint density at radius 1 is 1.19 bits per heavy atom. The van der Waals surface area contributed by atoms with Gasteiger partial charge in [-0.1, -0.05) is 50.6 Å². The van der Waals surface area contributed by atoms with E-state index < -0.39 is 5.60 Å². The van der Waals surface area contributed by atoms with Gasteiger partial charge >= 0.3 is 0 Å². The second-order valence-corrected chi connectivity index (χ2v) is 9.33. The van der Waals surface area contributed by atoms with Gasteiger partial charge in [-0.25, -0.2) is 0 Å². The molecule has 5 rings (SSSR count). The largest absolute Gasteiger partial charge is 0.389 e. The highest BCUT2D eigenvalue weighted by atomic mass is 16.3. The number of hydrogen-bond donors (Lipinski definition) is 1. The second-order valence-electron chi connectivity index (χ2n) is 9.33. The van der Waals surface area contributed by atoms with Crippen LogP contribution in [0.25, 0.3) is 0 Å². The molecule has 0 radical (unpaired) electrons. The summed E-state index contributed by atoms with van der Waals surface area (Å²) in [5, 5.41) is 12.0. The lowest BCUT2D eigenvalue weighted by atomic mass is 9.64. The van der Waals surface area contributed by atoms with Gasteiger partial charge in [-0.3, -0.25) is 0 Å². The first-order valence-corrected chi connectivity index (χ1v) is 11.0. The Morgan fingerprint density at radius 3 is 2.85 bits per heavy atom. The average molecular weight is 364 g/mol. The fourth-order valence-electron chi connectivity index (χ4n) is 6.80. The van der Waals surface area contributed by atoms with E-state index in [2.05, 4.69) is 56.1 Å². The summed E-state index contributed by atoms with van der Waals surface area (Å²) < 4.78 is 0. The number of allylic oxidation sites excluding steroid dienone is 5. The molecular formula is C25H33NO. The standard InChI is InChI=1S/C25H33NO/c1-4-25(27)17(3)23-16(2)12-13-19-22-11-7-8-14-26(22)15-20(24(19)23)18-9-5-6-10-21(18)25/h5,7-9,11,16-17,19,21,27H,4,6,10,12-15H2,1-3H3. The Bertz CT molecular complexity index is 810. The SMILES string of the molecule is CCC1(O)C(C)C2=C3C(=C4C=CCCC41)CN1CC=CC=C1C3CCC2C. The van der Waals surface area contributed by atoms with E-state index >= 15 is 0 Å². The first kappa shape index (κ1) is 17.6. The lowest BCUT2D eigenvalue weighted by molar-refractivity contribution is -0.0479. The van der Waals surface area contributed by atoms with Crippen LogP contribution in [0.2, 0.25) is 0 Å². The van der Waals surface area contributed by atoms with Crippen LogP contribution in [0, 0.1) is 23.7 Å². The Labute approximate surface area is 164 Å². The molecule has 0 saturated carbocycles. The number of nitrogens with zero attached hydrogens (tertiary/aromatic N) is 1. The summed E-state index contributed by atoms with van der Waals surface area (Å²) in [7, 11) is 0. The van der Waals surface area contributed by atoms with Crippen molar-refractivity contribution < 1.29 is 5.11 Å². The van der Waals surface area contributed by atoms with Crippen molar-refractivity contribution in [3.8, 4) is 0 Å². The maximum absolute atomic E-state index is 12.0. The van der Waals surface area contributed by atoms with Crippen LogP contribution in [0.5, 0.6) is 0 Å². The molecule has 0 spiro atoms. The molecule has 2 nitrogen and oxygen atoms in total.